The number of aldehydes is 1. The smallest absolute Gasteiger partial charge is 0.355 e. The van der Waals surface area contributed by atoms with Crippen molar-refractivity contribution in [2.24, 2.45) is 0 Å². The second kappa shape index (κ2) is 6.00. The number of carboxylic acid groups (broad SMARTS) is 1. The van der Waals surface area contributed by atoms with Crippen LogP contribution in [0.5, 0.6) is 0 Å². The van der Waals surface area contributed by atoms with Crippen molar-refractivity contribution in [2.75, 3.05) is 6.61 Å². The summed E-state index contributed by atoms with van der Waals surface area (Å²) in [6, 6.07) is 0. The first-order valence-electron chi connectivity index (χ1n) is 5.56. The molecule has 1 rings (SSSR count). The fourth-order valence-corrected chi connectivity index (χ4v) is 1.69. The third-order valence-corrected chi connectivity index (χ3v) is 2.60. The van der Waals surface area contributed by atoms with Crippen molar-refractivity contribution in [3.05, 3.63) is 22.5 Å². The average molecular weight is 253 g/mol. The molecule has 0 aliphatic rings. The number of H-pyrrole nitrogens is 1. The van der Waals surface area contributed by atoms with Gasteiger partial charge in [0.05, 0.1) is 12.3 Å². The Kier molecular flexibility index (Phi) is 4.65. The Labute approximate surface area is 104 Å². The number of hydrogen-bond acceptors (Lipinski definition) is 4. The monoisotopic (exact) mass is 253 g/mol. The minimum Gasteiger partial charge on any atom is -0.481 e. The van der Waals surface area contributed by atoms with E-state index >= 15 is 0 Å². The van der Waals surface area contributed by atoms with Gasteiger partial charge in [0.25, 0.3) is 0 Å². The van der Waals surface area contributed by atoms with Crippen LogP contribution < -0.4 is 0 Å². The highest BCUT2D eigenvalue weighted by atomic mass is 16.5. The standard InChI is InChI=1S/C12H15NO5/c1-3-18-12(17)11-8(4-5-10(15)16)7(2)9(6-14)13-11/h6,13H,3-5H2,1-2H3,(H,15,16). The Morgan fingerprint density at radius 3 is 2.61 bits per heavy atom. The summed E-state index contributed by atoms with van der Waals surface area (Å²) in [5.41, 5.74) is 1.56. The van der Waals surface area contributed by atoms with Crippen molar-refractivity contribution in [1.82, 2.24) is 4.98 Å². The third-order valence-electron chi connectivity index (χ3n) is 2.60. The summed E-state index contributed by atoms with van der Waals surface area (Å²) >= 11 is 0. The largest absolute Gasteiger partial charge is 0.481 e. The summed E-state index contributed by atoms with van der Waals surface area (Å²) in [5.74, 6) is -1.54. The lowest BCUT2D eigenvalue weighted by Crippen LogP contribution is -2.09. The third kappa shape index (κ3) is 2.97. The Morgan fingerprint density at radius 1 is 1.44 bits per heavy atom. The van der Waals surface area contributed by atoms with E-state index in [-0.39, 0.29) is 30.8 Å². The van der Waals surface area contributed by atoms with E-state index in [1.54, 1.807) is 13.8 Å². The number of rotatable bonds is 6. The zero-order valence-corrected chi connectivity index (χ0v) is 10.3. The number of hydrogen-bond donors (Lipinski definition) is 2. The number of carbonyl (C=O) groups is 3. The molecule has 0 atom stereocenters. The lowest BCUT2D eigenvalue weighted by molar-refractivity contribution is -0.136. The van der Waals surface area contributed by atoms with Crippen molar-refractivity contribution in [3.8, 4) is 0 Å². The molecular weight excluding hydrogens is 238 g/mol. The Balaban J connectivity index is 3.10. The Bertz CT molecular complexity index is 475. The zero-order chi connectivity index (χ0) is 13.7. The van der Waals surface area contributed by atoms with Crippen LogP contribution in [0.1, 0.15) is 45.4 Å². The molecule has 1 heterocycles. The summed E-state index contributed by atoms with van der Waals surface area (Å²) in [4.78, 5) is 35.7. The predicted octanol–water partition coefficient (Wildman–Crippen LogP) is 1.33. The van der Waals surface area contributed by atoms with Crippen molar-refractivity contribution >= 4 is 18.2 Å². The van der Waals surface area contributed by atoms with Crippen LogP contribution in [0.25, 0.3) is 0 Å². The van der Waals surface area contributed by atoms with Crippen LogP contribution in [0, 0.1) is 6.92 Å². The molecule has 0 aromatic carbocycles. The minimum absolute atomic E-state index is 0.108. The number of nitrogens with one attached hydrogen (secondary N) is 1. The summed E-state index contributed by atoms with van der Waals surface area (Å²) in [7, 11) is 0. The molecule has 2 N–H and O–H groups in total. The molecule has 1 aromatic heterocycles. The molecule has 1 aromatic rings. The summed E-state index contributed by atoms with van der Waals surface area (Å²) in [6.07, 6.45) is 0.672. The van der Waals surface area contributed by atoms with Crippen LogP contribution in [0.15, 0.2) is 0 Å². The number of ether oxygens (including phenoxy) is 1. The van der Waals surface area contributed by atoms with Gasteiger partial charge in [-0.2, -0.15) is 0 Å². The molecule has 18 heavy (non-hydrogen) atoms. The first-order valence-corrected chi connectivity index (χ1v) is 5.56. The van der Waals surface area contributed by atoms with Crippen molar-refractivity contribution in [2.45, 2.75) is 26.7 Å². The average Bonchev–Trinajstić information content (AvgIpc) is 2.63. The quantitative estimate of drug-likeness (QED) is 0.589. The highest BCUT2D eigenvalue weighted by Crippen LogP contribution is 2.20. The van der Waals surface area contributed by atoms with Gasteiger partial charge in [-0.25, -0.2) is 4.79 Å². The molecule has 6 nitrogen and oxygen atoms in total. The van der Waals surface area contributed by atoms with Crippen LogP contribution in [-0.4, -0.2) is 34.9 Å². The minimum atomic E-state index is -0.960. The van der Waals surface area contributed by atoms with E-state index < -0.39 is 11.9 Å². The van der Waals surface area contributed by atoms with E-state index in [0.29, 0.717) is 17.4 Å². The van der Waals surface area contributed by atoms with Gasteiger partial charge in [0, 0.05) is 6.42 Å². The van der Waals surface area contributed by atoms with Gasteiger partial charge >= 0.3 is 11.9 Å². The van der Waals surface area contributed by atoms with Gasteiger partial charge in [-0.05, 0) is 31.4 Å². The van der Waals surface area contributed by atoms with E-state index in [1.165, 1.54) is 0 Å². The van der Waals surface area contributed by atoms with Crippen LogP contribution in [0.2, 0.25) is 0 Å². The van der Waals surface area contributed by atoms with E-state index in [9.17, 15) is 14.4 Å². The molecule has 0 bridgehead atoms. The molecule has 0 radical (unpaired) electrons. The Morgan fingerprint density at radius 2 is 2.11 bits per heavy atom. The van der Waals surface area contributed by atoms with Gasteiger partial charge in [0.15, 0.2) is 6.29 Å². The molecule has 0 saturated carbocycles. The van der Waals surface area contributed by atoms with E-state index in [0.717, 1.165) is 0 Å². The summed E-state index contributed by atoms with van der Waals surface area (Å²) in [5, 5.41) is 8.67. The number of carboxylic acids is 1. The van der Waals surface area contributed by atoms with Gasteiger partial charge in [0.2, 0.25) is 0 Å². The number of esters is 1. The normalized spacial score (nSPS) is 10.1. The number of aromatic nitrogens is 1. The first-order chi connectivity index (χ1) is 8.51. The molecule has 0 aliphatic heterocycles. The predicted molar refractivity (Wildman–Crippen MR) is 62.8 cm³/mol. The van der Waals surface area contributed by atoms with Crippen LogP contribution in [0.3, 0.4) is 0 Å². The molecule has 0 spiro atoms. The van der Waals surface area contributed by atoms with Gasteiger partial charge in [0.1, 0.15) is 5.69 Å². The number of carbonyl (C=O) groups excluding carboxylic acids is 2. The van der Waals surface area contributed by atoms with Crippen LogP contribution in [-0.2, 0) is 16.0 Å². The summed E-state index contributed by atoms with van der Waals surface area (Å²) in [6.45, 7) is 3.55. The van der Waals surface area contributed by atoms with Gasteiger partial charge in [-0.15, -0.1) is 0 Å². The van der Waals surface area contributed by atoms with E-state index in [1.807, 2.05) is 0 Å². The SMILES string of the molecule is CCOC(=O)c1[nH]c(C=O)c(C)c1CCC(=O)O. The fourth-order valence-electron chi connectivity index (χ4n) is 1.69. The molecule has 0 amide bonds. The molecule has 0 unspecified atom stereocenters. The molecule has 0 saturated heterocycles. The van der Waals surface area contributed by atoms with Crippen molar-refractivity contribution in [1.29, 1.82) is 0 Å². The molecule has 0 aliphatic carbocycles. The van der Waals surface area contributed by atoms with Gasteiger partial charge in [-0.3, -0.25) is 9.59 Å². The zero-order valence-electron chi connectivity index (χ0n) is 10.3. The molecule has 98 valence electrons. The maximum absolute atomic E-state index is 11.7. The Hall–Kier alpha value is -2.11. The fraction of sp³-hybridized carbons (Fsp3) is 0.417. The topological polar surface area (TPSA) is 96.5 Å². The first kappa shape index (κ1) is 14.0. The maximum atomic E-state index is 11.7. The second-order valence-electron chi connectivity index (χ2n) is 3.75. The second-order valence-corrected chi connectivity index (χ2v) is 3.75. The number of aliphatic carboxylic acids is 1. The lowest BCUT2D eigenvalue weighted by Gasteiger charge is -2.03. The molecule has 0 fully saturated rings. The van der Waals surface area contributed by atoms with Crippen molar-refractivity contribution < 1.29 is 24.2 Å². The highest BCUT2D eigenvalue weighted by Gasteiger charge is 2.20. The van der Waals surface area contributed by atoms with Crippen LogP contribution in [0.4, 0.5) is 0 Å². The van der Waals surface area contributed by atoms with Gasteiger partial charge in [-0.1, -0.05) is 0 Å². The molecular formula is C12H15NO5. The molecule has 6 heteroatoms. The van der Waals surface area contributed by atoms with E-state index in [4.69, 9.17) is 9.84 Å². The van der Waals surface area contributed by atoms with Crippen molar-refractivity contribution in [3.63, 3.8) is 0 Å². The highest BCUT2D eigenvalue weighted by molar-refractivity contribution is 5.92. The van der Waals surface area contributed by atoms with Crippen LogP contribution >= 0.6 is 0 Å². The lowest BCUT2D eigenvalue weighted by atomic mass is 10.0. The number of aromatic amines is 1. The van der Waals surface area contributed by atoms with Gasteiger partial charge < -0.3 is 14.8 Å². The summed E-state index contributed by atoms with van der Waals surface area (Å²) < 4.78 is 4.85. The maximum Gasteiger partial charge on any atom is 0.355 e. The van der Waals surface area contributed by atoms with E-state index in [2.05, 4.69) is 4.98 Å².